The number of amides is 2. The standard InChI is InChI=1S/C26H21FN4O4/c1-16-11-22(30-26(34)35)23(13-21(16)17-5-7-19(27)8-6-17)29-25(33)14-24(32)18-3-2-4-20(12-18)31-10-9-28-15-31/h2-13,15,30H,14H2,1H3,(H,29,33)(H,34,35). The van der Waals surface area contributed by atoms with Crippen LogP contribution in [0.5, 0.6) is 0 Å². The van der Waals surface area contributed by atoms with E-state index in [1.807, 2.05) is 6.07 Å². The van der Waals surface area contributed by atoms with Gasteiger partial charge in [-0.2, -0.15) is 0 Å². The first-order valence-electron chi connectivity index (χ1n) is 10.6. The van der Waals surface area contributed by atoms with Crippen molar-refractivity contribution in [3.63, 3.8) is 0 Å². The molecule has 35 heavy (non-hydrogen) atoms. The third-order valence-corrected chi connectivity index (χ3v) is 5.33. The fourth-order valence-corrected chi connectivity index (χ4v) is 3.66. The molecule has 2 amide bonds. The van der Waals surface area contributed by atoms with Gasteiger partial charge in [-0.3, -0.25) is 14.9 Å². The van der Waals surface area contributed by atoms with Gasteiger partial charge in [0.1, 0.15) is 5.82 Å². The highest BCUT2D eigenvalue weighted by Crippen LogP contribution is 2.33. The Morgan fingerprint density at radius 2 is 1.74 bits per heavy atom. The molecule has 0 aliphatic heterocycles. The van der Waals surface area contributed by atoms with Crippen molar-refractivity contribution in [2.24, 2.45) is 0 Å². The smallest absolute Gasteiger partial charge is 0.409 e. The highest BCUT2D eigenvalue weighted by molar-refractivity contribution is 6.12. The van der Waals surface area contributed by atoms with E-state index in [4.69, 9.17) is 0 Å². The zero-order valence-electron chi connectivity index (χ0n) is 18.7. The Hall–Kier alpha value is -4.79. The van der Waals surface area contributed by atoms with E-state index in [9.17, 15) is 23.9 Å². The molecule has 0 saturated heterocycles. The lowest BCUT2D eigenvalue weighted by Gasteiger charge is -2.16. The van der Waals surface area contributed by atoms with Crippen LogP contribution in [0.15, 0.2) is 79.4 Å². The largest absolute Gasteiger partial charge is 0.465 e. The van der Waals surface area contributed by atoms with Crippen molar-refractivity contribution in [3.8, 4) is 16.8 Å². The molecule has 0 aliphatic rings. The molecule has 1 aromatic heterocycles. The molecule has 0 fully saturated rings. The molecular weight excluding hydrogens is 451 g/mol. The number of imidazole rings is 1. The van der Waals surface area contributed by atoms with Crippen LogP contribution in [-0.4, -0.2) is 32.4 Å². The maximum Gasteiger partial charge on any atom is 0.409 e. The van der Waals surface area contributed by atoms with E-state index in [2.05, 4.69) is 15.6 Å². The summed E-state index contributed by atoms with van der Waals surface area (Å²) in [5.41, 5.74) is 3.50. The minimum atomic E-state index is -1.30. The molecule has 8 nitrogen and oxygen atoms in total. The Labute approximate surface area is 200 Å². The number of carbonyl (C=O) groups is 3. The van der Waals surface area contributed by atoms with Crippen molar-refractivity contribution in [2.45, 2.75) is 13.3 Å². The lowest BCUT2D eigenvalue weighted by Crippen LogP contribution is -2.19. The first-order chi connectivity index (χ1) is 16.8. The first kappa shape index (κ1) is 23.4. The molecule has 1 heterocycles. The van der Waals surface area contributed by atoms with Crippen LogP contribution in [0.2, 0.25) is 0 Å². The Morgan fingerprint density at radius 1 is 1.00 bits per heavy atom. The van der Waals surface area contributed by atoms with Crippen molar-refractivity contribution in [3.05, 3.63) is 96.3 Å². The summed E-state index contributed by atoms with van der Waals surface area (Å²) < 4.78 is 15.1. The minimum absolute atomic E-state index is 0.156. The van der Waals surface area contributed by atoms with Crippen LogP contribution in [0.4, 0.5) is 20.6 Å². The predicted molar refractivity (Wildman–Crippen MR) is 129 cm³/mol. The van der Waals surface area contributed by atoms with Gasteiger partial charge in [0.2, 0.25) is 5.91 Å². The molecule has 0 saturated carbocycles. The monoisotopic (exact) mass is 472 g/mol. The summed E-state index contributed by atoms with van der Waals surface area (Å²) in [4.78, 5) is 40.8. The number of hydrogen-bond acceptors (Lipinski definition) is 4. The number of anilines is 2. The van der Waals surface area contributed by atoms with Gasteiger partial charge in [-0.05, 0) is 60.0 Å². The normalized spacial score (nSPS) is 10.6. The Morgan fingerprint density at radius 3 is 2.43 bits per heavy atom. The average molecular weight is 472 g/mol. The topological polar surface area (TPSA) is 113 Å². The number of Topliss-reactive ketones (excluding diaryl/α,β-unsaturated/α-hetero) is 1. The van der Waals surface area contributed by atoms with Crippen molar-refractivity contribution in [1.82, 2.24) is 9.55 Å². The molecule has 4 rings (SSSR count). The fraction of sp³-hybridized carbons (Fsp3) is 0.0769. The van der Waals surface area contributed by atoms with Crippen LogP contribution < -0.4 is 10.6 Å². The van der Waals surface area contributed by atoms with Crippen LogP contribution in [0, 0.1) is 12.7 Å². The summed E-state index contributed by atoms with van der Waals surface area (Å²) in [6.45, 7) is 1.77. The summed E-state index contributed by atoms with van der Waals surface area (Å²) >= 11 is 0. The fourth-order valence-electron chi connectivity index (χ4n) is 3.66. The molecule has 176 valence electrons. The zero-order valence-corrected chi connectivity index (χ0v) is 18.7. The van der Waals surface area contributed by atoms with Crippen LogP contribution in [0.3, 0.4) is 0 Å². The number of rotatable bonds is 7. The number of benzene rings is 3. The molecular formula is C26H21FN4O4. The second-order valence-electron chi connectivity index (χ2n) is 7.82. The number of nitrogens with zero attached hydrogens (tertiary/aromatic N) is 2. The van der Waals surface area contributed by atoms with Gasteiger partial charge in [0.05, 0.1) is 24.1 Å². The maximum atomic E-state index is 13.4. The van der Waals surface area contributed by atoms with E-state index in [0.29, 0.717) is 22.3 Å². The van der Waals surface area contributed by atoms with Gasteiger partial charge in [0, 0.05) is 23.6 Å². The summed E-state index contributed by atoms with van der Waals surface area (Å²) in [6, 6.07) is 15.8. The molecule has 4 aromatic rings. The number of carboxylic acid groups (broad SMARTS) is 1. The molecule has 0 bridgehead atoms. The van der Waals surface area contributed by atoms with E-state index in [0.717, 1.165) is 5.69 Å². The van der Waals surface area contributed by atoms with E-state index < -0.39 is 24.2 Å². The number of carbonyl (C=O) groups excluding carboxylic acids is 2. The van der Waals surface area contributed by atoms with Crippen molar-refractivity contribution in [2.75, 3.05) is 10.6 Å². The van der Waals surface area contributed by atoms with Gasteiger partial charge in [0.15, 0.2) is 5.78 Å². The van der Waals surface area contributed by atoms with Crippen molar-refractivity contribution >= 4 is 29.2 Å². The number of aryl methyl sites for hydroxylation is 1. The maximum absolute atomic E-state index is 13.4. The van der Waals surface area contributed by atoms with Gasteiger partial charge in [0.25, 0.3) is 0 Å². The Bertz CT molecular complexity index is 1400. The Kier molecular flexibility index (Phi) is 6.68. The number of aromatic nitrogens is 2. The van der Waals surface area contributed by atoms with Crippen molar-refractivity contribution < 1.29 is 23.9 Å². The molecule has 0 aliphatic carbocycles. The van der Waals surface area contributed by atoms with Crippen molar-refractivity contribution in [1.29, 1.82) is 0 Å². The van der Waals surface area contributed by atoms with Gasteiger partial charge in [-0.25, -0.2) is 14.2 Å². The molecule has 0 radical (unpaired) electrons. The number of hydrogen-bond donors (Lipinski definition) is 3. The first-order valence-corrected chi connectivity index (χ1v) is 10.6. The zero-order chi connectivity index (χ0) is 24.9. The van der Waals surface area contributed by atoms with E-state index in [1.54, 1.807) is 72.7 Å². The van der Waals surface area contributed by atoms with Crippen LogP contribution in [0.25, 0.3) is 16.8 Å². The second-order valence-corrected chi connectivity index (χ2v) is 7.82. The molecule has 0 unspecified atom stereocenters. The minimum Gasteiger partial charge on any atom is -0.465 e. The molecule has 0 atom stereocenters. The molecule has 9 heteroatoms. The highest BCUT2D eigenvalue weighted by Gasteiger charge is 2.17. The lowest BCUT2D eigenvalue weighted by atomic mass is 9.98. The SMILES string of the molecule is Cc1cc(NC(=O)O)c(NC(=O)CC(=O)c2cccc(-n3ccnc3)c2)cc1-c1ccc(F)cc1. The van der Waals surface area contributed by atoms with Gasteiger partial charge < -0.3 is 15.0 Å². The van der Waals surface area contributed by atoms with Gasteiger partial charge >= 0.3 is 6.09 Å². The van der Waals surface area contributed by atoms with E-state index >= 15 is 0 Å². The highest BCUT2D eigenvalue weighted by atomic mass is 19.1. The quantitative estimate of drug-likeness (QED) is 0.250. The summed E-state index contributed by atoms with van der Waals surface area (Å²) in [5, 5.41) is 14.1. The van der Waals surface area contributed by atoms with E-state index in [-0.39, 0.29) is 17.2 Å². The second kappa shape index (κ2) is 10.0. The lowest BCUT2D eigenvalue weighted by molar-refractivity contribution is -0.115. The molecule has 3 aromatic carbocycles. The third kappa shape index (κ3) is 5.59. The third-order valence-electron chi connectivity index (χ3n) is 5.33. The van der Waals surface area contributed by atoms with Crippen LogP contribution >= 0.6 is 0 Å². The van der Waals surface area contributed by atoms with Gasteiger partial charge in [-0.15, -0.1) is 0 Å². The number of ketones is 1. The molecule has 3 N–H and O–H groups in total. The summed E-state index contributed by atoms with van der Waals surface area (Å²) in [7, 11) is 0. The van der Waals surface area contributed by atoms with Gasteiger partial charge in [-0.1, -0.05) is 24.3 Å². The summed E-state index contributed by atoms with van der Waals surface area (Å²) in [6.07, 6.45) is 3.21. The van der Waals surface area contributed by atoms with Crippen LogP contribution in [-0.2, 0) is 4.79 Å². The van der Waals surface area contributed by atoms with E-state index in [1.165, 1.54) is 12.1 Å². The predicted octanol–water partition coefficient (Wildman–Crippen LogP) is 5.29. The number of nitrogens with one attached hydrogen (secondary N) is 2. The summed E-state index contributed by atoms with van der Waals surface area (Å²) in [5.74, 6) is -1.40. The Balaban J connectivity index is 1.57. The number of halogens is 1. The molecule has 0 spiro atoms. The van der Waals surface area contributed by atoms with Crippen LogP contribution in [0.1, 0.15) is 22.3 Å². The average Bonchev–Trinajstić information content (AvgIpc) is 3.36.